The number of nitrogens with zero attached hydrogens (tertiary/aromatic N) is 1. The van der Waals surface area contributed by atoms with E-state index >= 15 is 0 Å². The maximum atomic E-state index is 11.8. The molecule has 0 radical (unpaired) electrons. The molecule has 1 atom stereocenters. The molecule has 1 rings (SSSR count). The summed E-state index contributed by atoms with van der Waals surface area (Å²) < 4.78 is 35.5. The van der Waals surface area contributed by atoms with Crippen LogP contribution in [0.1, 0.15) is 11.9 Å². The molecule has 0 fully saturated rings. The van der Waals surface area contributed by atoms with Gasteiger partial charge < -0.3 is 10.7 Å². The molecule has 0 spiro atoms. The van der Waals surface area contributed by atoms with Crippen molar-refractivity contribution >= 4 is 24.8 Å². The Morgan fingerprint density at radius 1 is 1.38 bits per heavy atom. The van der Waals surface area contributed by atoms with Crippen molar-refractivity contribution in [1.82, 2.24) is 9.97 Å². The number of alkyl halides is 3. The van der Waals surface area contributed by atoms with Crippen LogP contribution in [0.2, 0.25) is 0 Å². The van der Waals surface area contributed by atoms with Gasteiger partial charge in [-0.15, -0.1) is 24.8 Å². The fourth-order valence-electron chi connectivity index (χ4n) is 0.603. The maximum Gasteiger partial charge on any atom is 0.410 e. The monoisotopic (exact) mass is 237 g/mol. The normalized spacial score (nSPS) is 12.6. The van der Waals surface area contributed by atoms with Gasteiger partial charge in [0.15, 0.2) is 6.04 Å². The van der Waals surface area contributed by atoms with E-state index in [1.807, 2.05) is 0 Å². The third-order valence-corrected chi connectivity index (χ3v) is 1.17. The molecule has 0 aliphatic heterocycles. The number of hydrogen-bond acceptors (Lipinski definition) is 2. The van der Waals surface area contributed by atoms with E-state index in [-0.39, 0.29) is 30.6 Å². The Labute approximate surface area is 84.7 Å². The van der Waals surface area contributed by atoms with Gasteiger partial charge in [-0.25, -0.2) is 4.98 Å². The molecule has 0 saturated carbocycles. The largest absolute Gasteiger partial charge is 0.410 e. The van der Waals surface area contributed by atoms with E-state index in [1.165, 1.54) is 12.4 Å². The molecule has 1 unspecified atom stereocenters. The summed E-state index contributed by atoms with van der Waals surface area (Å²) in [5, 5.41) is 0. The minimum atomic E-state index is -4.43. The van der Waals surface area contributed by atoms with Gasteiger partial charge in [-0.1, -0.05) is 0 Å². The molecule has 0 saturated heterocycles. The van der Waals surface area contributed by atoms with Crippen LogP contribution in [0.5, 0.6) is 0 Å². The first-order valence-corrected chi connectivity index (χ1v) is 2.83. The number of rotatable bonds is 1. The maximum absolute atomic E-state index is 11.8. The van der Waals surface area contributed by atoms with Gasteiger partial charge in [0, 0.05) is 12.4 Å². The SMILES string of the molecule is Cl.Cl.NC(c1ncc[nH]1)C(F)(F)F. The zero-order chi connectivity index (χ0) is 8.48. The summed E-state index contributed by atoms with van der Waals surface area (Å²) in [4.78, 5) is 5.67. The van der Waals surface area contributed by atoms with Crippen LogP contribution in [-0.4, -0.2) is 16.1 Å². The summed E-state index contributed by atoms with van der Waals surface area (Å²) in [5.74, 6) is -0.266. The molecule has 1 heterocycles. The summed E-state index contributed by atoms with van der Waals surface area (Å²) >= 11 is 0. The second-order valence-corrected chi connectivity index (χ2v) is 1.99. The van der Waals surface area contributed by atoms with Gasteiger partial charge in [-0.2, -0.15) is 13.2 Å². The molecule has 78 valence electrons. The standard InChI is InChI=1S/C5H6F3N3.2ClH/c6-5(7,8)3(9)4-10-1-2-11-4;;/h1-3H,9H2,(H,10,11);2*1H. The van der Waals surface area contributed by atoms with Crippen LogP contribution >= 0.6 is 24.8 Å². The number of hydrogen-bond donors (Lipinski definition) is 2. The molecule has 0 aliphatic carbocycles. The number of nitrogens with one attached hydrogen (secondary N) is 1. The number of H-pyrrole nitrogens is 1. The molecule has 1 aromatic heterocycles. The highest BCUT2D eigenvalue weighted by atomic mass is 35.5. The average Bonchev–Trinajstić information content (AvgIpc) is 2.34. The zero-order valence-corrected chi connectivity index (χ0v) is 7.84. The lowest BCUT2D eigenvalue weighted by molar-refractivity contribution is -0.150. The molecule has 1 aromatic rings. The number of aromatic nitrogens is 2. The zero-order valence-electron chi connectivity index (χ0n) is 6.21. The van der Waals surface area contributed by atoms with Crippen molar-refractivity contribution in [2.24, 2.45) is 5.73 Å². The van der Waals surface area contributed by atoms with Crippen LogP contribution < -0.4 is 5.73 Å². The molecule has 0 bridgehead atoms. The molecule has 0 aliphatic rings. The summed E-state index contributed by atoms with van der Waals surface area (Å²) in [6.45, 7) is 0. The van der Waals surface area contributed by atoms with E-state index in [4.69, 9.17) is 5.73 Å². The Bertz CT molecular complexity index is 223. The Morgan fingerprint density at radius 2 is 1.92 bits per heavy atom. The van der Waals surface area contributed by atoms with E-state index in [2.05, 4.69) is 9.97 Å². The van der Waals surface area contributed by atoms with Crippen molar-refractivity contribution in [2.75, 3.05) is 0 Å². The van der Waals surface area contributed by atoms with Crippen LogP contribution in [0.3, 0.4) is 0 Å². The number of aromatic amines is 1. The second-order valence-electron chi connectivity index (χ2n) is 1.99. The van der Waals surface area contributed by atoms with Gasteiger partial charge >= 0.3 is 6.18 Å². The third kappa shape index (κ3) is 3.84. The minimum absolute atomic E-state index is 0. The lowest BCUT2D eigenvalue weighted by Gasteiger charge is -2.12. The van der Waals surface area contributed by atoms with Crippen molar-refractivity contribution in [3.05, 3.63) is 18.2 Å². The number of halogens is 5. The van der Waals surface area contributed by atoms with Gasteiger partial charge in [0.05, 0.1) is 0 Å². The predicted molar refractivity (Wildman–Crippen MR) is 46.1 cm³/mol. The Morgan fingerprint density at radius 3 is 2.23 bits per heavy atom. The first-order valence-electron chi connectivity index (χ1n) is 2.83. The number of imidazole rings is 1. The molecular formula is C5H8Cl2F3N3. The minimum Gasteiger partial charge on any atom is -0.347 e. The van der Waals surface area contributed by atoms with Crippen LogP contribution in [0.25, 0.3) is 0 Å². The van der Waals surface area contributed by atoms with Gasteiger partial charge in [0.1, 0.15) is 5.82 Å². The van der Waals surface area contributed by atoms with Crippen molar-refractivity contribution in [1.29, 1.82) is 0 Å². The molecule has 3 nitrogen and oxygen atoms in total. The number of nitrogens with two attached hydrogens (primary N) is 1. The highest BCUT2D eigenvalue weighted by Gasteiger charge is 2.39. The van der Waals surface area contributed by atoms with Crippen molar-refractivity contribution in [3.8, 4) is 0 Å². The van der Waals surface area contributed by atoms with E-state index in [9.17, 15) is 13.2 Å². The fraction of sp³-hybridized carbons (Fsp3) is 0.400. The molecule has 13 heavy (non-hydrogen) atoms. The summed E-state index contributed by atoms with van der Waals surface area (Å²) in [7, 11) is 0. The molecular weight excluding hydrogens is 230 g/mol. The van der Waals surface area contributed by atoms with Crippen LogP contribution in [0.4, 0.5) is 13.2 Å². The Kier molecular flexibility index (Phi) is 6.14. The second kappa shape index (κ2) is 5.31. The summed E-state index contributed by atoms with van der Waals surface area (Å²) in [6, 6.07) is -2.02. The highest BCUT2D eigenvalue weighted by molar-refractivity contribution is 5.85. The lowest BCUT2D eigenvalue weighted by Crippen LogP contribution is -2.29. The van der Waals surface area contributed by atoms with Crippen molar-refractivity contribution < 1.29 is 13.2 Å². The van der Waals surface area contributed by atoms with E-state index in [0.29, 0.717) is 0 Å². The summed E-state index contributed by atoms with van der Waals surface area (Å²) in [5.41, 5.74) is 4.80. The average molecular weight is 238 g/mol. The van der Waals surface area contributed by atoms with Gasteiger partial charge in [0.25, 0.3) is 0 Å². The van der Waals surface area contributed by atoms with E-state index < -0.39 is 12.2 Å². The fourth-order valence-corrected chi connectivity index (χ4v) is 0.603. The van der Waals surface area contributed by atoms with Crippen LogP contribution in [0.15, 0.2) is 12.4 Å². The Balaban J connectivity index is 0. The quantitative estimate of drug-likeness (QED) is 0.783. The van der Waals surface area contributed by atoms with Gasteiger partial charge in [-0.3, -0.25) is 0 Å². The predicted octanol–water partition coefficient (Wildman–Crippen LogP) is 1.82. The third-order valence-electron chi connectivity index (χ3n) is 1.17. The Hall–Kier alpha value is -0.460. The first kappa shape index (κ1) is 15.0. The smallest absolute Gasteiger partial charge is 0.347 e. The van der Waals surface area contributed by atoms with Crippen LogP contribution in [-0.2, 0) is 0 Å². The molecule has 0 amide bonds. The molecule has 8 heteroatoms. The van der Waals surface area contributed by atoms with Gasteiger partial charge in [0.2, 0.25) is 0 Å². The van der Waals surface area contributed by atoms with Gasteiger partial charge in [-0.05, 0) is 0 Å². The van der Waals surface area contributed by atoms with Crippen molar-refractivity contribution in [3.63, 3.8) is 0 Å². The van der Waals surface area contributed by atoms with E-state index in [1.54, 1.807) is 0 Å². The highest BCUT2D eigenvalue weighted by Crippen LogP contribution is 2.27. The summed E-state index contributed by atoms with van der Waals surface area (Å²) in [6.07, 6.45) is -1.92. The molecule has 0 aromatic carbocycles. The van der Waals surface area contributed by atoms with Crippen LogP contribution in [0, 0.1) is 0 Å². The topological polar surface area (TPSA) is 54.7 Å². The molecule has 3 N–H and O–H groups in total. The first-order chi connectivity index (χ1) is 5.02. The lowest BCUT2D eigenvalue weighted by atomic mass is 10.3. The van der Waals surface area contributed by atoms with Crippen molar-refractivity contribution in [2.45, 2.75) is 12.2 Å². The van der Waals surface area contributed by atoms with E-state index in [0.717, 1.165) is 0 Å².